The predicted octanol–water partition coefficient (Wildman–Crippen LogP) is 1.30. The largest absolute Gasteiger partial charge is 0.422 e. The van der Waals surface area contributed by atoms with Gasteiger partial charge in [-0.15, -0.1) is 0 Å². The summed E-state index contributed by atoms with van der Waals surface area (Å²) in [5.41, 5.74) is 1.71. The number of benzene rings is 1. The topological polar surface area (TPSA) is 111 Å². The number of carbonyl (C=O) groups excluding carboxylic acids is 1. The Bertz CT molecular complexity index is 765. The molecule has 2 aromatic heterocycles. The Balaban J connectivity index is 1.51. The Labute approximate surface area is 131 Å². The molecule has 23 heavy (non-hydrogen) atoms. The van der Waals surface area contributed by atoms with Crippen LogP contribution in [0.3, 0.4) is 0 Å². The van der Waals surface area contributed by atoms with Crippen molar-refractivity contribution in [3.63, 3.8) is 0 Å². The molecule has 0 aliphatic carbocycles. The Morgan fingerprint density at radius 3 is 2.78 bits per heavy atom. The fraction of sp³-hybridized carbons (Fsp3) is 0.214. The lowest BCUT2D eigenvalue weighted by atomic mass is 10.2. The van der Waals surface area contributed by atoms with Crippen LogP contribution in [-0.2, 0) is 18.3 Å². The molecule has 2 heterocycles. The molecule has 2 N–H and O–H groups in total. The van der Waals surface area contributed by atoms with Gasteiger partial charge in [0.1, 0.15) is 5.75 Å². The van der Waals surface area contributed by atoms with Crippen molar-refractivity contribution in [2.24, 2.45) is 7.05 Å². The maximum Gasteiger partial charge on any atom is 0.361 e. The number of nitrogens with one attached hydrogen (secondary N) is 2. The molecule has 0 fully saturated rings. The van der Waals surface area contributed by atoms with Crippen molar-refractivity contribution in [2.45, 2.75) is 12.8 Å². The van der Waals surface area contributed by atoms with E-state index in [9.17, 15) is 4.79 Å². The summed E-state index contributed by atoms with van der Waals surface area (Å²) < 4.78 is 7.11. The fourth-order valence-electron chi connectivity index (χ4n) is 2.02. The van der Waals surface area contributed by atoms with Gasteiger partial charge in [0.25, 0.3) is 0 Å². The number of tetrazole rings is 1. The molecule has 0 radical (unpaired) electrons. The zero-order chi connectivity index (χ0) is 16.1. The highest BCUT2D eigenvalue weighted by atomic mass is 16.5. The van der Waals surface area contributed by atoms with E-state index in [-0.39, 0.29) is 11.9 Å². The van der Waals surface area contributed by atoms with Gasteiger partial charge >= 0.3 is 6.01 Å². The molecule has 118 valence electrons. The molecule has 0 aliphatic rings. The highest BCUT2D eigenvalue weighted by Crippen LogP contribution is 2.19. The van der Waals surface area contributed by atoms with Crippen LogP contribution in [0, 0.1) is 0 Å². The van der Waals surface area contributed by atoms with Crippen molar-refractivity contribution in [1.29, 1.82) is 0 Å². The number of aromatic amines is 1. The Morgan fingerprint density at radius 1 is 1.30 bits per heavy atom. The maximum absolute atomic E-state index is 12.0. The van der Waals surface area contributed by atoms with Gasteiger partial charge < -0.3 is 10.1 Å². The first-order chi connectivity index (χ1) is 11.2. The standard InChI is InChI=1S/C14H15N7O2/c1-21-11(8-9-15-21)4-7-13(22)16-10-2-5-12(6-3-10)23-14-17-19-20-18-14/h2-3,5-6,8-9H,4,7H2,1H3,(H,16,22)(H,17,18,19,20). The third-order valence-corrected chi connectivity index (χ3v) is 3.20. The Kier molecular flexibility index (Phi) is 4.27. The lowest BCUT2D eigenvalue weighted by Crippen LogP contribution is -2.13. The monoisotopic (exact) mass is 313 g/mol. The van der Waals surface area contributed by atoms with Crippen molar-refractivity contribution < 1.29 is 9.53 Å². The van der Waals surface area contributed by atoms with E-state index in [1.165, 1.54) is 0 Å². The highest BCUT2D eigenvalue weighted by Gasteiger charge is 2.06. The van der Waals surface area contributed by atoms with Crippen LogP contribution in [0.25, 0.3) is 0 Å². The molecule has 1 amide bonds. The van der Waals surface area contributed by atoms with Crippen molar-refractivity contribution in [2.75, 3.05) is 5.32 Å². The minimum atomic E-state index is -0.0574. The summed E-state index contributed by atoms with van der Waals surface area (Å²) in [6.45, 7) is 0. The first kappa shape index (κ1) is 14.7. The summed E-state index contributed by atoms with van der Waals surface area (Å²) in [6, 6.07) is 8.96. The minimum absolute atomic E-state index is 0.0574. The zero-order valence-electron chi connectivity index (χ0n) is 12.4. The van der Waals surface area contributed by atoms with E-state index in [2.05, 4.69) is 31.0 Å². The van der Waals surface area contributed by atoms with Gasteiger partial charge in [0, 0.05) is 31.0 Å². The van der Waals surface area contributed by atoms with Crippen LogP contribution in [0.15, 0.2) is 36.5 Å². The molecule has 9 heteroatoms. The van der Waals surface area contributed by atoms with E-state index in [0.717, 1.165) is 5.69 Å². The lowest BCUT2D eigenvalue weighted by molar-refractivity contribution is -0.116. The number of nitrogens with zero attached hydrogens (tertiary/aromatic N) is 5. The van der Waals surface area contributed by atoms with Gasteiger partial charge in [0.05, 0.1) is 0 Å². The van der Waals surface area contributed by atoms with Gasteiger partial charge in [-0.05, 0) is 42.0 Å². The average Bonchev–Trinajstić information content (AvgIpc) is 3.19. The van der Waals surface area contributed by atoms with Crippen LogP contribution in [0.1, 0.15) is 12.1 Å². The number of rotatable bonds is 6. The van der Waals surface area contributed by atoms with Crippen molar-refractivity contribution in [3.05, 3.63) is 42.2 Å². The molecule has 3 aromatic rings. The molecule has 0 bridgehead atoms. The Hall–Kier alpha value is -3.23. The van der Waals surface area contributed by atoms with Crippen LogP contribution in [-0.4, -0.2) is 36.3 Å². The average molecular weight is 313 g/mol. The number of amides is 1. The molecule has 0 spiro atoms. The van der Waals surface area contributed by atoms with Gasteiger partial charge in [0.15, 0.2) is 0 Å². The molecule has 1 aromatic carbocycles. The second kappa shape index (κ2) is 6.69. The van der Waals surface area contributed by atoms with Gasteiger partial charge in [-0.3, -0.25) is 9.48 Å². The molecule has 3 rings (SSSR count). The number of H-pyrrole nitrogens is 1. The van der Waals surface area contributed by atoms with E-state index in [4.69, 9.17) is 4.74 Å². The van der Waals surface area contributed by atoms with Crippen LogP contribution in [0.5, 0.6) is 11.8 Å². The van der Waals surface area contributed by atoms with E-state index in [1.54, 1.807) is 35.1 Å². The van der Waals surface area contributed by atoms with Crippen LogP contribution in [0.4, 0.5) is 5.69 Å². The second-order valence-electron chi connectivity index (χ2n) is 4.82. The molecule has 0 atom stereocenters. The van der Waals surface area contributed by atoms with E-state index >= 15 is 0 Å². The summed E-state index contributed by atoms with van der Waals surface area (Å²) in [6.07, 6.45) is 2.75. The summed E-state index contributed by atoms with van der Waals surface area (Å²) in [4.78, 5) is 12.0. The predicted molar refractivity (Wildman–Crippen MR) is 80.9 cm³/mol. The summed E-state index contributed by atoms with van der Waals surface area (Å²) >= 11 is 0. The van der Waals surface area contributed by atoms with Crippen LogP contribution in [0.2, 0.25) is 0 Å². The molecule has 0 aliphatic heterocycles. The number of hydrogen-bond acceptors (Lipinski definition) is 6. The van der Waals surface area contributed by atoms with Crippen molar-refractivity contribution in [3.8, 4) is 11.8 Å². The SMILES string of the molecule is Cn1nccc1CCC(=O)Nc1ccc(Oc2nn[nH]n2)cc1. The third kappa shape index (κ3) is 3.90. The van der Waals surface area contributed by atoms with Gasteiger partial charge in [0.2, 0.25) is 5.91 Å². The quantitative estimate of drug-likeness (QED) is 0.709. The van der Waals surface area contributed by atoms with Gasteiger partial charge in [-0.2, -0.15) is 10.3 Å². The number of anilines is 1. The molecule has 0 saturated carbocycles. The molecule has 9 nitrogen and oxygen atoms in total. The second-order valence-corrected chi connectivity index (χ2v) is 4.82. The smallest absolute Gasteiger partial charge is 0.361 e. The maximum atomic E-state index is 12.0. The number of ether oxygens (including phenoxy) is 1. The minimum Gasteiger partial charge on any atom is -0.422 e. The molecular formula is C14H15N7O2. The highest BCUT2D eigenvalue weighted by molar-refractivity contribution is 5.90. The van der Waals surface area contributed by atoms with Crippen molar-refractivity contribution in [1.82, 2.24) is 30.4 Å². The normalized spacial score (nSPS) is 10.5. The van der Waals surface area contributed by atoms with Gasteiger partial charge in [-0.1, -0.05) is 10.2 Å². The van der Waals surface area contributed by atoms with Crippen LogP contribution >= 0.6 is 0 Å². The van der Waals surface area contributed by atoms with E-state index in [1.807, 2.05) is 13.1 Å². The Morgan fingerprint density at radius 2 is 2.13 bits per heavy atom. The number of aromatic nitrogens is 6. The first-order valence-electron chi connectivity index (χ1n) is 6.99. The summed E-state index contributed by atoms with van der Waals surface area (Å²) in [5.74, 6) is 0.498. The fourth-order valence-corrected chi connectivity index (χ4v) is 2.02. The van der Waals surface area contributed by atoms with Crippen molar-refractivity contribution >= 4 is 11.6 Å². The lowest BCUT2D eigenvalue weighted by Gasteiger charge is -2.06. The summed E-state index contributed by atoms with van der Waals surface area (Å²) in [5, 5.41) is 20.0. The number of hydrogen-bond donors (Lipinski definition) is 2. The summed E-state index contributed by atoms with van der Waals surface area (Å²) in [7, 11) is 1.86. The van der Waals surface area contributed by atoms with E-state index in [0.29, 0.717) is 24.3 Å². The molecule has 0 unspecified atom stereocenters. The first-order valence-corrected chi connectivity index (χ1v) is 6.99. The number of carbonyl (C=O) groups is 1. The zero-order valence-corrected chi connectivity index (χ0v) is 12.4. The third-order valence-electron chi connectivity index (χ3n) is 3.20. The molecule has 0 saturated heterocycles. The van der Waals surface area contributed by atoms with Crippen LogP contribution < -0.4 is 10.1 Å². The number of aryl methyl sites for hydroxylation is 2. The molecular weight excluding hydrogens is 298 g/mol. The van der Waals surface area contributed by atoms with E-state index < -0.39 is 0 Å². The van der Waals surface area contributed by atoms with Gasteiger partial charge in [-0.25, -0.2) is 0 Å².